The molecule has 1 atom stereocenters. The van der Waals surface area contributed by atoms with Gasteiger partial charge in [-0.1, -0.05) is 0 Å². The molecule has 0 unspecified atom stereocenters. The van der Waals surface area contributed by atoms with Gasteiger partial charge in [0.25, 0.3) is 5.56 Å². The Hall–Kier alpha value is -1.78. The van der Waals surface area contributed by atoms with Crippen molar-refractivity contribution in [1.29, 1.82) is 0 Å². The van der Waals surface area contributed by atoms with Crippen LogP contribution in [0.1, 0.15) is 18.2 Å². The maximum Gasteiger partial charge on any atom is 0.326 e. The van der Waals surface area contributed by atoms with Crippen molar-refractivity contribution in [2.75, 3.05) is 12.4 Å². The topological polar surface area (TPSA) is 71.3 Å². The van der Waals surface area contributed by atoms with Gasteiger partial charge in [-0.3, -0.25) is 9.36 Å². The van der Waals surface area contributed by atoms with Crippen molar-refractivity contribution in [2.45, 2.75) is 18.9 Å². The van der Waals surface area contributed by atoms with Crippen molar-refractivity contribution >= 4 is 11.7 Å². The Morgan fingerprint density at radius 3 is 2.93 bits per heavy atom. The average molecular weight is 208 g/mol. The second kappa shape index (κ2) is 3.42. The van der Waals surface area contributed by atoms with E-state index in [-0.39, 0.29) is 5.56 Å². The van der Waals surface area contributed by atoms with Gasteiger partial charge in [0.15, 0.2) is 0 Å². The first-order chi connectivity index (χ1) is 7.15. The van der Waals surface area contributed by atoms with Crippen LogP contribution in [-0.2, 0) is 11.2 Å². The van der Waals surface area contributed by atoms with Crippen LogP contribution < -0.4 is 10.9 Å². The smallest absolute Gasteiger partial charge is 0.326 e. The largest absolute Gasteiger partial charge is 0.480 e. The monoisotopic (exact) mass is 208 g/mol. The van der Waals surface area contributed by atoms with E-state index in [1.807, 2.05) is 0 Å². The standard InChI is InChI=1S/C10H12N2O3/c1-11-7-4-2-6-3-5-8(10(14)15)12(6)9(7)13/h2,4,8,11H,3,5H2,1H3,(H,14,15)/t8-/m0/s1. The number of aliphatic carboxylic acids is 1. The zero-order valence-corrected chi connectivity index (χ0v) is 8.36. The summed E-state index contributed by atoms with van der Waals surface area (Å²) in [7, 11) is 1.65. The summed E-state index contributed by atoms with van der Waals surface area (Å²) in [6.45, 7) is 0. The van der Waals surface area contributed by atoms with E-state index in [0.29, 0.717) is 18.5 Å². The third kappa shape index (κ3) is 1.40. The number of hydrogen-bond acceptors (Lipinski definition) is 3. The molecule has 2 heterocycles. The molecule has 0 saturated carbocycles. The molecule has 5 heteroatoms. The van der Waals surface area contributed by atoms with Gasteiger partial charge in [0, 0.05) is 12.7 Å². The van der Waals surface area contributed by atoms with E-state index in [4.69, 9.17) is 5.11 Å². The summed E-state index contributed by atoms with van der Waals surface area (Å²) in [6.07, 6.45) is 1.15. The van der Waals surface area contributed by atoms with Gasteiger partial charge in [-0.05, 0) is 25.0 Å². The molecule has 1 aliphatic rings. The number of aromatic nitrogens is 1. The van der Waals surface area contributed by atoms with Gasteiger partial charge < -0.3 is 10.4 Å². The average Bonchev–Trinajstić information content (AvgIpc) is 2.63. The van der Waals surface area contributed by atoms with E-state index in [1.165, 1.54) is 4.57 Å². The lowest BCUT2D eigenvalue weighted by Gasteiger charge is -2.11. The molecule has 0 amide bonds. The third-order valence-corrected chi connectivity index (χ3v) is 2.74. The normalized spacial score (nSPS) is 18.6. The Morgan fingerprint density at radius 2 is 2.33 bits per heavy atom. The molecule has 15 heavy (non-hydrogen) atoms. The number of fused-ring (bicyclic) bond motifs is 1. The fraction of sp³-hybridized carbons (Fsp3) is 0.400. The predicted octanol–water partition coefficient (Wildman–Crippen LogP) is 0.462. The molecule has 0 radical (unpaired) electrons. The molecular formula is C10H12N2O3. The number of carboxylic acids is 1. The highest BCUT2D eigenvalue weighted by Gasteiger charge is 2.29. The highest BCUT2D eigenvalue weighted by atomic mass is 16.4. The van der Waals surface area contributed by atoms with E-state index in [2.05, 4.69) is 5.32 Å². The Bertz CT molecular complexity index is 464. The SMILES string of the molecule is CNc1ccc2n(c1=O)[C@H](C(=O)O)CC2. The quantitative estimate of drug-likeness (QED) is 0.740. The predicted molar refractivity (Wildman–Crippen MR) is 55.2 cm³/mol. The molecule has 0 saturated heterocycles. The lowest BCUT2D eigenvalue weighted by molar-refractivity contribution is -0.140. The number of nitrogens with one attached hydrogen (secondary N) is 1. The molecule has 0 spiro atoms. The summed E-state index contributed by atoms with van der Waals surface area (Å²) in [6, 6.07) is 2.79. The first-order valence-electron chi connectivity index (χ1n) is 4.80. The summed E-state index contributed by atoms with van der Waals surface area (Å²) < 4.78 is 1.37. The molecule has 1 aromatic heterocycles. The lowest BCUT2D eigenvalue weighted by atomic mass is 10.2. The van der Waals surface area contributed by atoms with Gasteiger partial charge in [-0.2, -0.15) is 0 Å². The molecule has 2 rings (SSSR count). The fourth-order valence-electron chi connectivity index (χ4n) is 1.97. The summed E-state index contributed by atoms with van der Waals surface area (Å²) in [5.74, 6) is -0.941. The van der Waals surface area contributed by atoms with Crippen molar-refractivity contribution in [2.24, 2.45) is 0 Å². The molecule has 0 bridgehead atoms. The van der Waals surface area contributed by atoms with Crippen molar-refractivity contribution in [3.63, 3.8) is 0 Å². The van der Waals surface area contributed by atoms with E-state index in [9.17, 15) is 9.59 Å². The van der Waals surface area contributed by atoms with Gasteiger partial charge in [0.2, 0.25) is 0 Å². The van der Waals surface area contributed by atoms with Crippen LogP contribution in [0.15, 0.2) is 16.9 Å². The molecule has 0 aromatic carbocycles. The maximum atomic E-state index is 11.8. The second-order valence-corrected chi connectivity index (χ2v) is 3.56. The van der Waals surface area contributed by atoms with Crippen LogP contribution in [0, 0.1) is 0 Å². The summed E-state index contributed by atoms with van der Waals surface area (Å²) >= 11 is 0. The van der Waals surface area contributed by atoms with Crippen LogP contribution in [0.2, 0.25) is 0 Å². The van der Waals surface area contributed by atoms with Gasteiger partial charge in [-0.15, -0.1) is 0 Å². The van der Waals surface area contributed by atoms with E-state index >= 15 is 0 Å². The zero-order chi connectivity index (χ0) is 11.0. The van der Waals surface area contributed by atoms with Crippen LogP contribution in [0.3, 0.4) is 0 Å². The van der Waals surface area contributed by atoms with E-state index in [1.54, 1.807) is 19.2 Å². The molecule has 1 aliphatic heterocycles. The molecule has 1 aromatic rings. The van der Waals surface area contributed by atoms with Crippen LogP contribution in [0.4, 0.5) is 5.69 Å². The summed E-state index contributed by atoms with van der Waals surface area (Å²) in [5, 5.41) is 11.7. The maximum absolute atomic E-state index is 11.8. The van der Waals surface area contributed by atoms with Gasteiger partial charge in [-0.25, -0.2) is 4.79 Å². The number of rotatable bonds is 2. The highest BCUT2D eigenvalue weighted by molar-refractivity contribution is 5.72. The van der Waals surface area contributed by atoms with Gasteiger partial charge in [0.1, 0.15) is 11.7 Å². The number of aryl methyl sites for hydroxylation is 1. The fourth-order valence-corrected chi connectivity index (χ4v) is 1.97. The minimum absolute atomic E-state index is 0.250. The Morgan fingerprint density at radius 1 is 1.60 bits per heavy atom. The number of nitrogens with zero attached hydrogens (tertiary/aromatic N) is 1. The number of pyridine rings is 1. The number of anilines is 1. The number of hydrogen-bond donors (Lipinski definition) is 2. The van der Waals surface area contributed by atoms with Crippen LogP contribution in [0.25, 0.3) is 0 Å². The molecule has 2 N–H and O–H groups in total. The first-order valence-corrected chi connectivity index (χ1v) is 4.80. The second-order valence-electron chi connectivity index (χ2n) is 3.56. The van der Waals surface area contributed by atoms with Crippen molar-refractivity contribution in [3.05, 3.63) is 28.2 Å². The summed E-state index contributed by atoms with van der Waals surface area (Å²) in [4.78, 5) is 22.8. The van der Waals surface area contributed by atoms with Crippen LogP contribution >= 0.6 is 0 Å². The Labute approximate surface area is 86.3 Å². The zero-order valence-electron chi connectivity index (χ0n) is 8.36. The molecule has 0 fully saturated rings. The lowest BCUT2D eigenvalue weighted by Crippen LogP contribution is -2.28. The van der Waals surface area contributed by atoms with Gasteiger partial charge >= 0.3 is 5.97 Å². The Balaban J connectivity index is 2.60. The van der Waals surface area contributed by atoms with E-state index < -0.39 is 12.0 Å². The third-order valence-electron chi connectivity index (χ3n) is 2.74. The van der Waals surface area contributed by atoms with Crippen LogP contribution in [0.5, 0.6) is 0 Å². The van der Waals surface area contributed by atoms with E-state index in [0.717, 1.165) is 5.69 Å². The molecule has 80 valence electrons. The number of carboxylic acid groups (broad SMARTS) is 1. The Kier molecular flexibility index (Phi) is 2.22. The minimum atomic E-state index is -0.941. The van der Waals surface area contributed by atoms with Crippen molar-refractivity contribution < 1.29 is 9.90 Å². The minimum Gasteiger partial charge on any atom is -0.480 e. The molecule has 5 nitrogen and oxygen atoms in total. The van der Waals surface area contributed by atoms with Crippen LogP contribution in [-0.4, -0.2) is 22.7 Å². The summed E-state index contributed by atoms with van der Waals surface area (Å²) in [5.41, 5.74) is 0.984. The molecular weight excluding hydrogens is 196 g/mol. The van der Waals surface area contributed by atoms with Gasteiger partial charge in [0.05, 0.1) is 0 Å². The highest BCUT2D eigenvalue weighted by Crippen LogP contribution is 2.24. The van der Waals surface area contributed by atoms with Crippen molar-refractivity contribution in [1.82, 2.24) is 4.57 Å². The molecule has 0 aliphatic carbocycles. The van der Waals surface area contributed by atoms with Crippen molar-refractivity contribution in [3.8, 4) is 0 Å². The first kappa shape index (κ1) is 9.76. The number of carbonyl (C=O) groups is 1.